The van der Waals surface area contributed by atoms with E-state index in [-0.39, 0.29) is 30.7 Å². The molecule has 1 atom stereocenters. The van der Waals surface area contributed by atoms with Crippen LogP contribution >= 0.6 is 0 Å². The molecule has 2 aromatic rings. The third-order valence-corrected chi connectivity index (χ3v) is 7.19. The monoisotopic (exact) mass is 492 g/mol. The number of urea groups is 1. The molecule has 1 saturated heterocycles. The standard InChI is InChI=1S/C27H29FN4O4/c1-17(33)29-23-9-6-20-13-27(14-21(20)12-23)25(35)32(26(36)30-27)16-24(34)31(11-10-18-2-3-18)15-19-4-7-22(28)8-5-19/h4-9,12,18H,2-3,10-11,13-16H2,1H3,(H,29,33)(H,30,36). The van der Waals surface area contributed by atoms with Gasteiger partial charge in [0.1, 0.15) is 17.9 Å². The first-order chi connectivity index (χ1) is 17.2. The van der Waals surface area contributed by atoms with Crippen LogP contribution in [-0.2, 0) is 33.8 Å². The van der Waals surface area contributed by atoms with Crippen LogP contribution in [0.25, 0.3) is 0 Å². The van der Waals surface area contributed by atoms with Crippen LogP contribution in [0.4, 0.5) is 14.9 Å². The minimum atomic E-state index is -1.12. The Morgan fingerprint density at radius 2 is 1.83 bits per heavy atom. The Labute approximate surface area is 208 Å². The highest BCUT2D eigenvalue weighted by Crippen LogP contribution is 2.36. The van der Waals surface area contributed by atoms with Crippen LogP contribution in [0.2, 0.25) is 0 Å². The predicted octanol–water partition coefficient (Wildman–Crippen LogP) is 3.00. The summed E-state index contributed by atoms with van der Waals surface area (Å²) in [7, 11) is 0. The number of nitrogens with zero attached hydrogens (tertiary/aromatic N) is 2. The lowest BCUT2D eigenvalue weighted by molar-refractivity contribution is -0.139. The molecule has 1 spiro atoms. The number of benzene rings is 2. The molecule has 5 rings (SSSR count). The van der Waals surface area contributed by atoms with Crippen molar-refractivity contribution in [2.45, 2.75) is 51.1 Å². The van der Waals surface area contributed by atoms with E-state index >= 15 is 0 Å². The molecule has 1 saturated carbocycles. The van der Waals surface area contributed by atoms with Gasteiger partial charge in [-0.15, -0.1) is 0 Å². The summed E-state index contributed by atoms with van der Waals surface area (Å²) in [6, 6.07) is 10.9. The third kappa shape index (κ3) is 4.96. The quantitative estimate of drug-likeness (QED) is 0.554. The van der Waals surface area contributed by atoms with E-state index in [9.17, 15) is 23.6 Å². The van der Waals surface area contributed by atoms with Crippen molar-refractivity contribution in [1.82, 2.24) is 15.1 Å². The summed E-state index contributed by atoms with van der Waals surface area (Å²) in [6.07, 6.45) is 3.80. The maximum absolute atomic E-state index is 13.5. The lowest BCUT2D eigenvalue weighted by Gasteiger charge is -2.25. The number of carbonyl (C=O) groups is 4. The van der Waals surface area contributed by atoms with Crippen molar-refractivity contribution in [2.75, 3.05) is 18.4 Å². The summed E-state index contributed by atoms with van der Waals surface area (Å²) in [4.78, 5) is 53.7. The second-order valence-corrected chi connectivity index (χ2v) is 10.1. The molecular weight excluding hydrogens is 463 g/mol. The molecule has 2 aromatic carbocycles. The van der Waals surface area contributed by atoms with Crippen LogP contribution in [0, 0.1) is 11.7 Å². The fourth-order valence-corrected chi connectivity index (χ4v) is 5.10. The number of anilines is 1. The largest absolute Gasteiger partial charge is 0.337 e. The summed E-state index contributed by atoms with van der Waals surface area (Å²) in [6.45, 7) is 1.89. The van der Waals surface area contributed by atoms with E-state index in [1.807, 2.05) is 12.1 Å². The zero-order valence-corrected chi connectivity index (χ0v) is 20.2. The van der Waals surface area contributed by atoms with Gasteiger partial charge in [-0.3, -0.25) is 19.3 Å². The second kappa shape index (κ2) is 9.37. The van der Waals surface area contributed by atoms with Gasteiger partial charge in [0, 0.05) is 38.5 Å². The second-order valence-electron chi connectivity index (χ2n) is 10.1. The van der Waals surface area contributed by atoms with Gasteiger partial charge >= 0.3 is 6.03 Å². The van der Waals surface area contributed by atoms with Crippen LogP contribution in [0.15, 0.2) is 42.5 Å². The minimum Gasteiger partial charge on any atom is -0.337 e. The zero-order valence-electron chi connectivity index (χ0n) is 20.2. The summed E-state index contributed by atoms with van der Waals surface area (Å²) < 4.78 is 13.3. The number of hydrogen-bond donors (Lipinski definition) is 2. The van der Waals surface area contributed by atoms with Crippen LogP contribution in [-0.4, -0.2) is 52.2 Å². The van der Waals surface area contributed by atoms with Gasteiger partial charge < -0.3 is 15.5 Å². The van der Waals surface area contributed by atoms with Crippen molar-refractivity contribution in [2.24, 2.45) is 5.92 Å². The molecule has 3 aliphatic rings. The van der Waals surface area contributed by atoms with Gasteiger partial charge in [0.15, 0.2) is 0 Å². The predicted molar refractivity (Wildman–Crippen MR) is 130 cm³/mol. The normalized spacial score (nSPS) is 20.4. The highest BCUT2D eigenvalue weighted by atomic mass is 19.1. The molecule has 0 radical (unpaired) electrons. The Morgan fingerprint density at radius 3 is 2.53 bits per heavy atom. The first-order valence-electron chi connectivity index (χ1n) is 12.3. The van der Waals surface area contributed by atoms with E-state index in [4.69, 9.17) is 0 Å². The van der Waals surface area contributed by atoms with Gasteiger partial charge in [0.05, 0.1) is 0 Å². The average Bonchev–Trinajstić information content (AvgIpc) is 3.55. The van der Waals surface area contributed by atoms with Gasteiger partial charge in [-0.1, -0.05) is 31.0 Å². The van der Waals surface area contributed by atoms with Crippen LogP contribution in [0.1, 0.15) is 42.9 Å². The lowest BCUT2D eigenvalue weighted by atomic mass is 9.96. The summed E-state index contributed by atoms with van der Waals surface area (Å²) in [5.74, 6) is -0.663. The van der Waals surface area contributed by atoms with Crippen LogP contribution in [0.5, 0.6) is 0 Å². The van der Waals surface area contributed by atoms with Crippen molar-refractivity contribution in [3.8, 4) is 0 Å². The number of halogens is 1. The lowest BCUT2D eigenvalue weighted by Crippen LogP contribution is -2.48. The summed E-state index contributed by atoms with van der Waals surface area (Å²) >= 11 is 0. The van der Waals surface area contributed by atoms with Crippen LogP contribution in [0.3, 0.4) is 0 Å². The molecule has 2 fully saturated rings. The summed E-state index contributed by atoms with van der Waals surface area (Å²) in [5, 5.41) is 5.57. The number of carbonyl (C=O) groups excluding carboxylic acids is 4. The van der Waals surface area contributed by atoms with E-state index in [2.05, 4.69) is 10.6 Å². The number of nitrogens with one attached hydrogen (secondary N) is 2. The SMILES string of the molecule is CC(=O)Nc1ccc2c(c1)CC1(C2)NC(=O)N(CC(=O)N(CCC2CC2)Cc2ccc(F)cc2)C1=O. The number of imide groups is 1. The maximum atomic E-state index is 13.5. The maximum Gasteiger partial charge on any atom is 0.325 e. The van der Waals surface area contributed by atoms with Crippen molar-refractivity contribution in [3.05, 3.63) is 65.0 Å². The molecule has 8 nitrogen and oxygen atoms in total. The summed E-state index contributed by atoms with van der Waals surface area (Å²) in [5.41, 5.74) is 2.10. The molecule has 9 heteroatoms. The number of hydrogen-bond acceptors (Lipinski definition) is 4. The highest BCUT2D eigenvalue weighted by Gasteiger charge is 2.54. The minimum absolute atomic E-state index is 0.190. The smallest absolute Gasteiger partial charge is 0.325 e. The fraction of sp³-hybridized carbons (Fsp3) is 0.407. The molecule has 188 valence electrons. The van der Waals surface area contributed by atoms with Crippen LogP contribution < -0.4 is 10.6 Å². The molecule has 0 bridgehead atoms. The molecule has 1 aliphatic heterocycles. The fourth-order valence-electron chi connectivity index (χ4n) is 5.10. The van der Waals surface area contributed by atoms with Gasteiger partial charge in [-0.05, 0) is 53.3 Å². The van der Waals surface area contributed by atoms with E-state index in [0.29, 0.717) is 31.0 Å². The number of rotatable bonds is 8. The Kier molecular flexibility index (Phi) is 6.24. The Hall–Kier alpha value is -3.75. The molecular formula is C27H29FN4O4. The molecule has 5 amide bonds. The molecule has 1 unspecified atom stereocenters. The van der Waals surface area contributed by atoms with Crippen molar-refractivity contribution >= 4 is 29.4 Å². The number of fused-ring (bicyclic) bond motifs is 1. The zero-order chi connectivity index (χ0) is 25.4. The van der Waals surface area contributed by atoms with E-state index in [1.165, 1.54) is 19.1 Å². The van der Waals surface area contributed by atoms with Crippen molar-refractivity contribution in [3.63, 3.8) is 0 Å². The van der Waals surface area contributed by atoms with Gasteiger partial charge in [-0.2, -0.15) is 0 Å². The van der Waals surface area contributed by atoms with Gasteiger partial charge in [0.2, 0.25) is 11.8 Å². The van der Waals surface area contributed by atoms with Crippen molar-refractivity contribution < 1.29 is 23.6 Å². The van der Waals surface area contributed by atoms with Gasteiger partial charge in [-0.25, -0.2) is 9.18 Å². The first kappa shape index (κ1) is 24.0. The van der Waals surface area contributed by atoms with Gasteiger partial charge in [0.25, 0.3) is 5.91 Å². The third-order valence-electron chi connectivity index (χ3n) is 7.19. The Bertz CT molecular complexity index is 1230. The van der Waals surface area contributed by atoms with E-state index in [1.54, 1.807) is 23.1 Å². The number of amides is 5. The first-order valence-corrected chi connectivity index (χ1v) is 12.3. The Morgan fingerprint density at radius 1 is 1.11 bits per heavy atom. The average molecular weight is 493 g/mol. The highest BCUT2D eigenvalue weighted by molar-refractivity contribution is 6.09. The molecule has 0 aromatic heterocycles. The molecule has 36 heavy (non-hydrogen) atoms. The van der Waals surface area contributed by atoms with E-state index < -0.39 is 17.5 Å². The Balaban J connectivity index is 1.28. The molecule has 1 heterocycles. The molecule has 2 aliphatic carbocycles. The van der Waals surface area contributed by atoms with E-state index in [0.717, 1.165) is 40.9 Å². The van der Waals surface area contributed by atoms with Crippen molar-refractivity contribution in [1.29, 1.82) is 0 Å². The molecule has 2 N–H and O–H groups in total. The topological polar surface area (TPSA) is 98.8 Å².